The van der Waals surface area contributed by atoms with Gasteiger partial charge in [-0.2, -0.15) is 0 Å². The largest absolute Gasteiger partial charge is 0.429 e. The SMILES string of the molecule is Cc1ccc(S(=O)(=O)c2oc(C)nc2-c2ccc([N+](=O)[O-])cc2)cc1. The van der Waals surface area contributed by atoms with Crippen LogP contribution in [0.1, 0.15) is 11.5 Å². The van der Waals surface area contributed by atoms with Crippen molar-refractivity contribution >= 4 is 15.5 Å². The molecule has 0 amide bonds. The molecule has 7 nitrogen and oxygen atoms in total. The van der Waals surface area contributed by atoms with Crippen LogP contribution >= 0.6 is 0 Å². The summed E-state index contributed by atoms with van der Waals surface area (Å²) in [7, 11) is -3.90. The number of aryl methyl sites for hydroxylation is 2. The van der Waals surface area contributed by atoms with E-state index in [1.807, 2.05) is 6.92 Å². The number of benzene rings is 2. The maximum atomic E-state index is 12.9. The van der Waals surface area contributed by atoms with Crippen LogP contribution in [0.25, 0.3) is 11.3 Å². The van der Waals surface area contributed by atoms with Gasteiger partial charge in [-0.25, -0.2) is 13.4 Å². The van der Waals surface area contributed by atoms with Crippen LogP contribution in [0.2, 0.25) is 0 Å². The molecule has 128 valence electrons. The Balaban J connectivity index is 2.12. The van der Waals surface area contributed by atoms with Crippen molar-refractivity contribution < 1.29 is 17.8 Å². The van der Waals surface area contributed by atoms with E-state index in [4.69, 9.17) is 4.42 Å². The van der Waals surface area contributed by atoms with E-state index in [1.54, 1.807) is 19.1 Å². The number of sulfone groups is 1. The zero-order valence-electron chi connectivity index (χ0n) is 13.5. The summed E-state index contributed by atoms with van der Waals surface area (Å²) < 4.78 is 31.1. The summed E-state index contributed by atoms with van der Waals surface area (Å²) in [5, 5.41) is 10.5. The van der Waals surface area contributed by atoms with E-state index in [9.17, 15) is 18.5 Å². The van der Waals surface area contributed by atoms with Crippen LogP contribution in [0.5, 0.6) is 0 Å². The molecule has 1 heterocycles. The van der Waals surface area contributed by atoms with E-state index in [1.165, 1.54) is 36.4 Å². The fourth-order valence-corrected chi connectivity index (χ4v) is 3.70. The standard InChI is InChI=1S/C17H14N2O5S/c1-11-3-9-15(10-4-11)25(22,23)17-16(18-12(2)24-17)13-5-7-14(8-6-13)19(20)21/h3-10H,1-2H3. The second kappa shape index (κ2) is 6.14. The highest BCUT2D eigenvalue weighted by atomic mass is 32.2. The zero-order valence-corrected chi connectivity index (χ0v) is 14.3. The van der Waals surface area contributed by atoms with Crippen molar-refractivity contribution in [2.24, 2.45) is 0 Å². The molecular weight excluding hydrogens is 344 g/mol. The van der Waals surface area contributed by atoms with Crippen molar-refractivity contribution in [3.05, 3.63) is 70.1 Å². The van der Waals surface area contributed by atoms with Crippen LogP contribution in [-0.4, -0.2) is 18.3 Å². The van der Waals surface area contributed by atoms with Crippen molar-refractivity contribution in [2.75, 3.05) is 0 Å². The molecule has 0 aliphatic rings. The second-order valence-corrected chi connectivity index (χ2v) is 7.34. The number of nitro groups is 1. The predicted molar refractivity (Wildman–Crippen MR) is 90.0 cm³/mol. The molecule has 0 N–H and O–H groups in total. The van der Waals surface area contributed by atoms with Gasteiger partial charge in [0.25, 0.3) is 10.8 Å². The lowest BCUT2D eigenvalue weighted by Crippen LogP contribution is -2.02. The minimum Gasteiger partial charge on any atom is -0.429 e. The van der Waals surface area contributed by atoms with Gasteiger partial charge in [-0.05, 0) is 31.2 Å². The second-order valence-electron chi connectivity index (χ2n) is 5.49. The highest BCUT2D eigenvalue weighted by Crippen LogP contribution is 2.32. The summed E-state index contributed by atoms with van der Waals surface area (Å²) in [5.74, 6) is 0.194. The van der Waals surface area contributed by atoms with Gasteiger partial charge in [0.1, 0.15) is 5.69 Å². The molecular formula is C17H14N2O5S. The molecule has 0 aliphatic carbocycles. The van der Waals surface area contributed by atoms with Crippen LogP contribution in [0, 0.1) is 24.0 Å². The maximum absolute atomic E-state index is 12.9. The molecule has 0 atom stereocenters. The minimum absolute atomic E-state index is 0.0908. The van der Waals surface area contributed by atoms with Gasteiger partial charge in [0.2, 0.25) is 9.84 Å². The summed E-state index contributed by atoms with van der Waals surface area (Å²) in [4.78, 5) is 14.5. The van der Waals surface area contributed by atoms with E-state index in [-0.39, 0.29) is 27.3 Å². The van der Waals surface area contributed by atoms with Gasteiger partial charge in [-0.15, -0.1) is 0 Å². The third kappa shape index (κ3) is 3.16. The average molecular weight is 358 g/mol. The van der Waals surface area contributed by atoms with Gasteiger partial charge in [-0.3, -0.25) is 10.1 Å². The number of non-ortho nitro benzene ring substituents is 1. The lowest BCUT2D eigenvalue weighted by molar-refractivity contribution is -0.384. The molecule has 1 aromatic heterocycles. The Hall–Kier alpha value is -3.00. The first-order valence-electron chi connectivity index (χ1n) is 7.33. The Morgan fingerprint density at radius 3 is 2.16 bits per heavy atom. The molecule has 0 radical (unpaired) electrons. The first kappa shape index (κ1) is 16.8. The molecule has 2 aromatic carbocycles. The number of nitro benzene ring substituents is 1. The summed E-state index contributed by atoms with van der Waals surface area (Å²) in [6, 6.07) is 11.9. The zero-order chi connectivity index (χ0) is 18.2. The first-order chi connectivity index (χ1) is 11.8. The lowest BCUT2D eigenvalue weighted by atomic mass is 10.1. The van der Waals surface area contributed by atoms with Crippen molar-refractivity contribution in [2.45, 2.75) is 23.8 Å². The molecule has 0 spiro atoms. The van der Waals surface area contributed by atoms with Crippen LogP contribution in [0.3, 0.4) is 0 Å². The molecule has 0 aliphatic heterocycles. The van der Waals surface area contributed by atoms with Crippen LogP contribution in [-0.2, 0) is 9.84 Å². The lowest BCUT2D eigenvalue weighted by Gasteiger charge is -2.04. The highest BCUT2D eigenvalue weighted by molar-refractivity contribution is 7.91. The smallest absolute Gasteiger partial charge is 0.269 e. The molecule has 0 unspecified atom stereocenters. The van der Waals surface area contributed by atoms with Crippen LogP contribution in [0.4, 0.5) is 5.69 Å². The van der Waals surface area contributed by atoms with Gasteiger partial charge in [0.05, 0.1) is 9.82 Å². The summed E-state index contributed by atoms with van der Waals surface area (Å²) in [6.45, 7) is 3.40. The normalized spacial score (nSPS) is 11.4. The van der Waals surface area contributed by atoms with Gasteiger partial charge < -0.3 is 4.42 Å². The summed E-state index contributed by atoms with van der Waals surface area (Å²) >= 11 is 0. The van der Waals surface area contributed by atoms with E-state index in [0.29, 0.717) is 5.56 Å². The molecule has 3 aromatic rings. The van der Waals surface area contributed by atoms with Crippen molar-refractivity contribution in [3.8, 4) is 11.3 Å². The van der Waals surface area contributed by atoms with E-state index in [2.05, 4.69) is 4.98 Å². The third-order valence-corrected chi connectivity index (χ3v) is 5.29. The van der Waals surface area contributed by atoms with Crippen molar-refractivity contribution in [1.29, 1.82) is 0 Å². The summed E-state index contributed by atoms with van der Waals surface area (Å²) in [6.07, 6.45) is 0. The number of oxazole rings is 1. The van der Waals surface area contributed by atoms with E-state index >= 15 is 0 Å². The first-order valence-corrected chi connectivity index (χ1v) is 8.81. The molecule has 0 fully saturated rings. The Morgan fingerprint density at radius 1 is 1.00 bits per heavy atom. The number of rotatable bonds is 4. The number of nitrogens with zero attached hydrogens (tertiary/aromatic N) is 2. The molecule has 0 saturated carbocycles. The van der Waals surface area contributed by atoms with Gasteiger partial charge in [0, 0.05) is 24.6 Å². The topological polar surface area (TPSA) is 103 Å². The maximum Gasteiger partial charge on any atom is 0.269 e. The predicted octanol–water partition coefficient (Wildman–Crippen LogP) is 3.70. The average Bonchev–Trinajstić information content (AvgIpc) is 2.98. The van der Waals surface area contributed by atoms with Gasteiger partial charge in [0.15, 0.2) is 5.89 Å². The third-order valence-electron chi connectivity index (χ3n) is 3.63. The number of hydrogen-bond acceptors (Lipinski definition) is 6. The Morgan fingerprint density at radius 2 is 1.60 bits per heavy atom. The molecule has 0 saturated heterocycles. The quantitative estimate of drug-likeness (QED) is 0.520. The van der Waals surface area contributed by atoms with Crippen molar-refractivity contribution in [1.82, 2.24) is 4.98 Å². The Kier molecular flexibility index (Phi) is 4.13. The molecule has 8 heteroatoms. The van der Waals surface area contributed by atoms with E-state index < -0.39 is 14.8 Å². The molecule has 0 bridgehead atoms. The summed E-state index contributed by atoms with van der Waals surface area (Å²) in [5.41, 5.74) is 1.40. The Bertz CT molecular complexity index is 1040. The van der Waals surface area contributed by atoms with Crippen molar-refractivity contribution in [3.63, 3.8) is 0 Å². The molecule has 3 rings (SSSR count). The fraction of sp³-hybridized carbons (Fsp3) is 0.118. The fourth-order valence-electron chi connectivity index (χ4n) is 2.34. The number of aromatic nitrogens is 1. The highest BCUT2D eigenvalue weighted by Gasteiger charge is 2.28. The molecule has 25 heavy (non-hydrogen) atoms. The minimum atomic E-state index is -3.90. The van der Waals surface area contributed by atoms with Gasteiger partial charge in [-0.1, -0.05) is 17.7 Å². The van der Waals surface area contributed by atoms with E-state index in [0.717, 1.165) is 5.56 Å². The number of hydrogen-bond donors (Lipinski definition) is 0. The Labute approximate surface area is 144 Å². The monoisotopic (exact) mass is 358 g/mol. The van der Waals surface area contributed by atoms with Gasteiger partial charge >= 0.3 is 0 Å². The van der Waals surface area contributed by atoms with Crippen LogP contribution in [0.15, 0.2) is 62.9 Å². The van der Waals surface area contributed by atoms with Crippen LogP contribution < -0.4 is 0 Å².